The molecule has 0 saturated heterocycles. The number of halogens is 1. The van der Waals surface area contributed by atoms with Gasteiger partial charge in [0.05, 0.1) is 24.8 Å². The Morgan fingerprint density at radius 2 is 2.00 bits per heavy atom. The van der Waals surface area contributed by atoms with Gasteiger partial charge >= 0.3 is 5.97 Å². The molecule has 2 aromatic rings. The molecule has 1 amide bonds. The number of aromatic nitrogens is 2. The Morgan fingerprint density at radius 3 is 2.62 bits per heavy atom. The zero-order chi connectivity index (χ0) is 19.4. The van der Waals surface area contributed by atoms with Gasteiger partial charge in [-0.25, -0.2) is 9.18 Å². The molecular weight excluding hydrogens is 337 g/mol. The van der Waals surface area contributed by atoms with Gasteiger partial charge in [0.1, 0.15) is 5.82 Å². The highest BCUT2D eigenvalue weighted by molar-refractivity contribution is 5.95. The first-order valence-electron chi connectivity index (χ1n) is 8.43. The minimum Gasteiger partial charge on any atom is -0.465 e. The Hall–Kier alpha value is -2.70. The van der Waals surface area contributed by atoms with Crippen molar-refractivity contribution < 1.29 is 18.7 Å². The van der Waals surface area contributed by atoms with Crippen LogP contribution in [0.4, 0.5) is 10.1 Å². The predicted octanol–water partition coefficient (Wildman–Crippen LogP) is 3.26. The third-order valence-electron chi connectivity index (χ3n) is 4.06. The average molecular weight is 361 g/mol. The van der Waals surface area contributed by atoms with Gasteiger partial charge in [0.25, 0.3) is 0 Å². The van der Waals surface area contributed by atoms with E-state index < -0.39 is 11.8 Å². The molecule has 0 saturated carbocycles. The van der Waals surface area contributed by atoms with Gasteiger partial charge < -0.3 is 10.1 Å². The van der Waals surface area contributed by atoms with Crippen LogP contribution in [0.3, 0.4) is 0 Å². The molecule has 26 heavy (non-hydrogen) atoms. The van der Waals surface area contributed by atoms with Crippen LogP contribution < -0.4 is 5.32 Å². The fourth-order valence-corrected chi connectivity index (χ4v) is 2.75. The number of amides is 1. The Bertz CT molecular complexity index is 828. The lowest BCUT2D eigenvalue weighted by molar-refractivity contribution is -0.115. The Kier molecular flexibility index (Phi) is 6.13. The number of ether oxygens (including phenoxy) is 1. The van der Waals surface area contributed by atoms with Gasteiger partial charge in [-0.15, -0.1) is 0 Å². The average Bonchev–Trinajstić information content (AvgIpc) is 2.82. The summed E-state index contributed by atoms with van der Waals surface area (Å²) in [7, 11) is 1.17. The number of hydrogen-bond donors (Lipinski definition) is 1. The van der Waals surface area contributed by atoms with Crippen molar-refractivity contribution in [2.75, 3.05) is 12.4 Å². The second kappa shape index (κ2) is 8.12. The molecule has 0 fully saturated rings. The summed E-state index contributed by atoms with van der Waals surface area (Å²) >= 11 is 0. The molecule has 0 bridgehead atoms. The number of anilines is 1. The van der Waals surface area contributed by atoms with Crippen molar-refractivity contribution in [3.05, 3.63) is 46.5 Å². The maximum absolute atomic E-state index is 13.7. The minimum absolute atomic E-state index is 0.153. The number of nitrogens with one attached hydrogen (secondary N) is 1. The number of carbonyl (C=O) groups is 2. The molecule has 0 radical (unpaired) electrons. The van der Waals surface area contributed by atoms with Crippen LogP contribution in [0.25, 0.3) is 0 Å². The molecule has 1 N–H and O–H groups in total. The molecule has 1 aromatic heterocycles. The van der Waals surface area contributed by atoms with Crippen LogP contribution >= 0.6 is 0 Å². The molecule has 7 heteroatoms. The fraction of sp³-hybridized carbons (Fsp3) is 0.421. The highest BCUT2D eigenvalue weighted by atomic mass is 19.1. The Balaban J connectivity index is 2.15. The van der Waals surface area contributed by atoms with Crippen molar-refractivity contribution in [3.63, 3.8) is 0 Å². The predicted molar refractivity (Wildman–Crippen MR) is 96.6 cm³/mol. The summed E-state index contributed by atoms with van der Waals surface area (Å²) in [6.45, 7) is 8.82. The first kappa shape index (κ1) is 19.6. The normalized spacial score (nSPS) is 10.9. The number of carbonyl (C=O) groups excluding carboxylic acids is 2. The van der Waals surface area contributed by atoms with Crippen LogP contribution in [0, 0.1) is 25.6 Å². The second-order valence-electron chi connectivity index (χ2n) is 6.64. The second-order valence-corrected chi connectivity index (χ2v) is 6.64. The number of benzene rings is 1. The molecule has 0 aliphatic carbocycles. The van der Waals surface area contributed by atoms with E-state index in [1.165, 1.54) is 19.2 Å². The molecule has 0 atom stereocenters. The largest absolute Gasteiger partial charge is 0.465 e. The van der Waals surface area contributed by atoms with Gasteiger partial charge in [-0.1, -0.05) is 13.8 Å². The highest BCUT2D eigenvalue weighted by Crippen LogP contribution is 2.18. The number of methoxy groups -OCH3 is 1. The maximum atomic E-state index is 13.7. The van der Waals surface area contributed by atoms with Crippen molar-refractivity contribution >= 4 is 17.6 Å². The quantitative estimate of drug-likeness (QED) is 0.802. The van der Waals surface area contributed by atoms with Gasteiger partial charge in [0.2, 0.25) is 5.91 Å². The van der Waals surface area contributed by atoms with E-state index in [-0.39, 0.29) is 17.9 Å². The summed E-state index contributed by atoms with van der Waals surface area (Å²) in [5.74, 6) is -1.30. The third kappa shape index (κ3) is 4.47. The van der Waals surface area contributed by atoms with Gasteiger partial charge in [0.15, 0.2) is 0 Å². The maximum Gasteiger partial charge on any atom is 0.340 e. The first-order chi connectivity index (χ1) is 12.2. The SMILES string of the molecule is COC(=O)c1cc(NC(=O)Cc2c(C)nn(CC(C)C)c2C)ccc1F. The smallest absolute Gasteiger partial charge is 0.340 e. The summed E-state index contributed by atoms with van der Waals surface area (Å²) in [5.41, 5.74) is 2.76. The minimum atomic E-state index is -0.791. The molecular formula is C19H24FN3O3. The van der Waals surface area contributed by atoms with E-state index in [0.29, 0.717) is 11.6 Å². The molecule has 2 rings (SSSR count). The summed E-state index contributed by atoms with van der Waals surface area (Å²) in [6.07, 6.45) is 0.153. The highest BCUT2D eigenvalue weighted by Gasteiger charge is 2.17. The first-order valence-corrected chi connectivity index (χ1v) is 8.43. The summed E-state index contributed by atoms with van der Waals surface area (Å²) in [5, 5.41) is 7.19. The van der Waals surface area contributed by atoms with E-state index >= 15 is 0 Å². The van der Waals surface area contributed by atoms with Crippen molar-refractivity contribution in [2.24, 2.45) is 5.92 Å². The molecule has 1 heterocycles. The van der Waals surface area contributed by atoms with Crippen LogP contribution in [-0.2, 0) is 22.5 Å². The number of nitrogens with zero attached hydrogens (tertiary/aromatic N) is 2. The summed E-state index contributed by atoms with van der Waals surface area (Å²) < 4.78 is 20.1. The molecule has 0 unspecified atom stereocenters. The molecule has 0 aliphatic heterocycles. The van der Waals surface area contributed by atoms with Crippen molar-refractivity contribution in [1.29, 1.82) is 0 Å². The van der Waals surface area contributed by atoms with Gasteiger partial charge in [-0.05, 0) is 38.0 Å². The summed E-state index contributed by atoms with van der Waals surface area (Å²) in [6, 6.07) is 3.79. The van der Waals surface area contributed by atoms with Gasteiger partial charge in [-0.3, -0.25) is 9.48 Å². The lowest BCUT2D eigenvalue weighted by Crippen LogP contribution is -2.16. The molecule has 0 spiro atoms. The molecule has 1 aromatic carbocycles. The lowest BCUT2D eigenvalue weighted by Gasteiger charge is -2.09. The van der Waals surface area contributed by atoms with E-state index in [0.717, 1.165) is 29.6 Å². The number of aryl methyl sites for hydroxylation is 1. The van der Waals surface area contributed by atoms with Gasteiger partial charge in [-0.2, -0.15) is 5.10 Å². The van der Waals surface area contributed by atoms with Crippen molar-refractivity contribution in [3.8, 4) is 0 Å². The Labute approximate surface area is 152 Å². The molecule has 140 valence electrons. The van der Waals surface area contributed by atoms with E-state index in [1.807, 2.05) is 18.5 Å². The van der Waals surface area contributed by atoms with Crippen LogP contribution in [0.1, 0.15) is 41.2 Å². The number of hydrogen-bond acceptors (Lipinski definition) is 4. The monoisotopic (exact) mass is 361 g/mol. The van der Waals surface area contributed by atoms with Crippen LogP contribution in [0.5, 0.6) is 0 Å². The van der Waals surface area contributed by atoms with Gasteiger partial charge in [0, 0.05) is 23.5 Å². The van der Waals surface area contributed by atoms with Crippen molar-refractivity contribution in [2.45, 2.75) is 40.7 Å². The number of rotatable bonds is 6. The fourth-order valence-electron chi connectivity index (χ4n) is 2.75. The molecule has 0 aliphatic rings. The lowest BCUT2D eigenvalue weighted by atomic mass is 10.1. The topological polar surface area (TPSA) is 73.2 Å². The van der Waals surface area contributed by atoms with Crippen molar-refractivity contribution in [1.82, 2.24) is 9.78 Å². The van der Waals surface area contributed by atoms with E-state index in [1.54, 1.807) is 0 Å². The Morgan fingerprint density at radius 1 is 1.31 bits per heavy atom. The standard InChI is InChI=1S/C19H24FN3O3/c1-11(2)10-23-13(4)15(12(3)22-23)9-18(24)21-14-6-7-17(20)16(8-14)19(25)26-5/h6-8,11H,9-10H2,1-5H3,(H,21,24). The van der Waals surface area contributed by atoms with E-state index in [4.69, 9.17) is 0 Å². The van der Waals surface area contributed by atoms with Crippen LogP contribution in [0.15, 0.2) is 18.2 Å². The van der Waals surface area contributed by atoms with Crippen LogP contribution in [0.2, 0.25) is 0 Å². The zero-order valence-corrected chi connectivity index (χ0v) is 15.7. The zero-order valence-electron chi connectivity index (χ0n) is 15.7. The summed E-state index contributed by atoms with van der Waals surface area (Å²) in [4.78, 5) is 24.0. The third-order valence-corrected chi connectivity index (χ3v) is 4.06. The van der Waals surface area contributed by atoms with E-state index in [9.17, 15) is 14.0 Å². The van der Waals surface area contributed by atoms with E-state index in [2.05, 4.69) is 29.0 Å². The van der Waals surface area contributed by atoms with Crippen LogP contribution in [-0.4, -0.2) is 28.8 Å². The molecule has 6 nitrogen and oxygen atoms in total. The number of esters is 1.